The minimum absolute atomic E-state index is 0.844. The first-order valence-electron chi connectivity index (χ1n) is 4.97. The predicted octanol–water partition coefficient (Wildman–Crippen LogP) is 2.79. The summed E-state index contributed by atoms with van der Waals surface area (Å²) in [6.07, 6.45) is 3.02. The van der Waals surface area contributed by atoms with Crippen LogP contribution in [0.1, 0.15) is 5.69 Å². The number of rotatable bonds is 1. The number of benzene rings is 1. The molecule has 0 bridgehead atoms. The van der Waals surface area contributed by atoms with Crippen molar-refractivity contribution >= 4 is 11.8 Å². The van der Waals surface area contributed by atoms with Crippen molar-refractivity contribution < 1.29 is 0 Å². The molecule has 0 amide bonds. The summed E-state index contributed by atoms with van der Waals surface area (Å²) < 4.78 is 0. The average molecular weight is 214 g/mol. The first-order valence-corrected chi connectivity index (χ1v) is 5.96. The number of aryl methyl sites for hydroxylation is 1. The highest BCUT2D eigenvalue weighted by Gasteiger charge is 2.14. The van der Waals surface area contributed by atoms with Gasteiger partial charge in [-0.3, -0.25) is 0 Å². The van der Waals surface area contributed by atoms with Crippen LogP contribution in [0.4, 0.5) is 0 Å². The lowest BCUT2D eigenvalue weighted by Gasteiger charge is -2.01. The molecule has 1 aliphatic rings. The Labute approximate surface area is 92.8 Å². The van der Waals surface area contributed by atoms with Gasteiger partial charge >= 0.3 is 0 Å². The normalized spacial score (nSPS) is 13.9. The Bertz CT molecular complexity index is 482. The molecule has 0 fully saturated rings. The maximum Gasteiger partial charge on any atom is 0.159 e. The molecule has 0 atom stereocenters. The van der Waals surface area contributed by atoms with Crippen molar-refractivity contribution in [1.82, 2.24) is 9.97 Å². The Balaban J connectivity index is 2.07. The van der Waals surface area contributed by atoms with Gasteiger partial charge in [0.2, 0.25) is 0 Å². The van der Waals surface area contributed by atoms with E-state index in [9.17, 15) is 0 Å². The lowest BCUT2D eigenvalue weighted by molar-refractivity contribution is 0.983. The van der Waals surface area contributed by atoms with E-state index in [1.54, 1.807) is 0 Å². The molecule has 2 heterocycles. The van der Waals surface area contributed by atoms with E-state index in [-0.39, 0.29) is 0 Å². The molecule has 0 N–H and O–H groups in total. The highest BCUT2D eigenvalue weighted by molar-refractivity contribution is 7.99. The molecular weight excluding hydrogens is 204 g/mol. The van der Waals surface area contributed by atoms with Gasteiger partial charge in [0.1, 0.15) is 0 Å². The molecule has 15 heavy (non-hydrogen) atoms. The molecule has 2 nitrogen and oxygen atoms in total. The largest absolute Gasteiger partial charge is 0.235 e. The zero-order valence-corrected chi connectivity index (χ0v) is 9.00. The minimum Gasteiger partial charge on any atom is -0.235 e. The maximum absolute atomic E-state index is 4.59. The van der Waals surface area contributed by atoms with Crippen molar-refractivity contribution in [3.05, 3.63) is 42.2 Å². The van der Waals surface area contributed by atoms with Gasteiger partial charge in [0.15, 0.2) is 5.82 Å². The average Bonchev–Trinajstić information content (AvgIpc) is 2.77. The maximum atomic E-state index is 4.59. The zero-order valence-electron chi connectivity index (χ0n) is 8.18. The third-order valence-electron chi connectivity index (χ3n) is 2.46. The number of aromatic nitrogens is 2. The van der Waals surface area contributed by atoms with Crippen molar-refractivity contribution in [2.45, 2.75) is 11.3 Å². The molecular formula is C12H10N2S. The topological polar surface area (TPSA) is 25.8 Å². The Morgan fingerprint density at radius 3 is 2.87 bits per heavy atom. The van der Waals surface area contributed by atoms with Crippen molar-refractivity contribution in [2.24, 2.45) is 0 Å². The molecule has 74 valence electrons. The second kappa shape index (κ2) is 3.66. The number of hydrogen-bond donors (Lipinski definition) is 0. The zero-order chi connectivity index (χ0) is 10.1. The molecule has 0 saturated heterocycles. The number of thioether (sulfide) groups is 1. The van der Waals surface area contributed by atoms with Gasteiger partial charge in [-0.05, 0) is 0 Å². The standard InChI is InChI=1S/C12H10N2S/c1-2-4-9(5-3-1)12-13-8-11-10(14-12)6-7-15-11/h1-5,8H,6-7H2. The van der Waals surface area contributed by atoms with Gasteiger partial charge in [-0.15, -0.1) is 11.8 Å². The smallest absolute Gasteiger partial charge is 0.159 e. The quantitative estimate of drug-likeness (QED) is 0.730. The highest BCUT2D eigenvalue weighted by Crippen LogP contribution is 2.30. The molecule has 0 radical (unpaired) electrons. The van der Waals surface area contributed by atoms with E-state index in [1.165, 1.54) is 10.6 Å². The summed E-state index contributed by atoms with van der Waals surface area (Å²) in [5, 5.41) is 0. The molecule has 1 aromatic carbocycles. The molecule has 0 spiro atoms. The van der Waals surface area contributed by atoms with Crippen LogP contribution in [0.25, 0.3) is 11.4 Å². The van der Waals surface area contributed by atoms with Crippen LogP contribution in [0, 0.1) is 0 Å². The van der Waals surface area contributed by atoms with Gasteiger partial charge in [-0.25, -0.2) is 9.97 Å². The fourth-order valence-corrected chi connectivity index (χ4v) is 2.65. The molecule has 0 unspecified atom stereocenters. The molecule has 0 saturated carbocycles. The summed E-state index contributed by atoms with van der Waals surface area (Å²) in [7, 11) is 0. The number of hydrogen-bond acceptors (Lipinski definition) is 3. The Morgan fingerprint density at radius 2 is 2.00 bits per heavy atom. The number of nitrogens with zero attached hydrogens (tertiary/aromatic N) is 2. The van der Waals surface area contributed by atoms with E-state index < -0.39 is 0 Å². The lowest BCUT2D eigenvalue weighted by Crippen LogP contribution is -1.93. The Kier molecular flexibility index (Phi) is 2.18. The molecule has 3 rings (SSSR count). The fourth-order valence-electron chi connectivity index (χ4n) is 1.69. The fraction of sp³-hybridized carbons (Fsp3) is 0.167. The SMILES string of the molecule is c1ccc(-c2ncc3c(n2)CCS3)cc1. The van der Waals surface area contributed by atoms with E-state index in [0.717, 1.165) is 23.6 Å². The van der Waals surface area contributed by atoms with Gasteiger partial charge in [-0.2, -0.15) is 0 Å². The summed E-state index contributed by atoms with van der Waals surface area (Å²) in [6, 6.07) is 10.1. The summed E-state index contributed by atoms with van der Waals surface area (Å²) in [5.74, 6) is 1.99. The lowest BCUT2D eigenvalue weighted by atomic mass is 10.2. The minimum atomic E-state index is 0.844. The molecule has 3 heteroatoms. The van der Waals surface area contributed by atoms with Crippen LogP contribution in [0.15, 0.2) is 41.4 Å². The summed E-state index contributed by atoms with van der Waals surface area (Å²) in [4.78, 5) is 10.2. The third-order valence-corrected chi connectivity index (χ3v) is 3.52. The van der Waals surface area contributed by atoms with Gasteiger partial charge in [-0.1, -0.05) is 30.3 Å². The Hall–Kier alpha value is -1.35. The molecule has 1 aliphatic heterocycles. The van der Waals surface area contributed by atoms with Crippen LogP contribution in [0.3, 0.4) is 0 Å². The summed E-state index contributed by atoms with van der Waals surface area (Å²) in [5.41, 5.74) is 2.30. The molecule has 0 aliphatic carbocycles. The van der Waals surface area contributed by atoms with Crippen LogP contribution in [-0.4, -0.2) is 15.7 Å². The predicted molar refractivity (Wildman–Crippen MR) is 61.9 cm³/mol. The van der Waals surface area contributed by atoms with E-state index in [2.05, 4.69) is 9.97 Å². The first-order chi connectivity index (χ1) is 7.43. The van der Waals surface area contributed by atoms with Crippen molar-refractivity contribution in [1.29, 1.82) is 0 Å². The second-order valence-electron chi connectivity index (χ2n) is 3.47. The van der Waals surface area contributed by atoms with Crippen LogP contribution in [0.5, 0.6) is 0 Å². The van der Waals surface area contributed by atoms with E-state index in [1.807, 2.05) is 48.3 Å². The molecule has 2 aromatic rings. The number of fused-ring (bicyclic) bond motifs is 1. The van der Waals surface area contributed by atoms with Gasteiger partial charge in [0.05, 0.1) is 5.69 Å². The summed E-state index contributed by atoms with van der Waals surface area (Å²) in [6.45, 7) is 0. The van der Waals surface area contributed by atoms with E-state index in [0.29, 0.717) is 0 Å². The van der Waals surface area contributed by atoms with Gasteiger partial charge in [0, 0.05) is 28.8 Å². The third kappa shape index (κ3) is 1.63. The second-order valence-corrected chi connectivity index (χ2v) is 4.61. The highest BCUT2D eigenvalue weighted by atomic mass is 32.2. The molecule has 1 aromatic heterocycles. The van der Waals surface area contributed by atoms with E-state index >= 15 is 0 Å². The summed E-state index contributed by atoms with van der Waals surface area (Å²) >= 11 is 1.85. The van der Waals surface area contributed by atoms with E-state index in [4.69, 9.17) is 0 Å². The van der Waals surface area contributed by atoms with Gasteiger partial charge in [0.25, 0.3) is 0 Å². The van der Waals surface area contributed by atoms with Gasteiger partial charge < -0.3 is 0 Å². The monoisotopic (exact) mass is 214 g/mol. The Morgan fingerprint density at radius 1 is 1.13 bits per heavy atom. The van der Waals surface area contributed by atoms with Crippen molar-refractivity contribution in [2.75, 3.05) is 5.75 Å². The van der Waals surface area contributed by atoms with Crippen LogP contribution >= 0.6 is 11.8 Å². The van der Waals surface area contributed by atoms with Crippen molar-refractivity contribution in [3.63, 3.8) is 0 Å². The van der Waals surface area contributed by atoms with Crippen LogP contribution in [0.2, 0.25) is 0 Å². The van der Waals surface area contributed by atoms with Crippen LogP contribution < -0.4 is 0 Å². The van der Waals surface area contributed by atoms with Crippen LogP contribution in [-0.2, 0) is 6.42 Å². The first kappa shape index (κ1) is 8.92. The van der Waals surface area contributed by atoms with Crippen molar-refractivity contribution in [3.8, 4) is 11.4 Å².